The van der Waals surface area contributed by atoms with E-state index < -0.39 is 14.1 Å². The Labute approximate surface area is 359 Å². The van der Waals surface area contributed by atoms with Crippen molar-refractivity contribution in [2.45, 2.75) is 142 Å². The number of rotatable bonds is 26. The Hall–Kier alpha value is -4.90. The molecule has 1 aliphatic carbocycles. The predicted octanol–water partition coefficient (Wildman–Crippen LogP) is 2.41. The second kappa shape index (κ2) is 24.5. The van der Waals surface area contributed by atoms with Gasteiger partial charge in [0.1, 0.15) is 11.4 Å². The van der Waals surface area contributed by atoms with Gasteiger partial charge in [0, 0.05) is 95.5 Å². The lowest BCUT2D eigenvalue weighted by Gasteiger charge is -2.39. The molecular weight excluding hydrogens is 806 g/mol. The van der Waals surface area contributed by atoms with Crippen LogP contribution >= 0.6 is 8.53 Å². The zero-order valence-corrected chi connectivity index (χ0v) is 37.6. The Balaban J connectivity index is 1.48. The predicted molar refractivity (Wildman–Crippen MR) is 224 cm³/mol. The van der Waals surface area contributed by atoms with Crippen LogP contribution in [0.2, 0.25) is 0 Å². The van der Waals surface area contributed by atoms with Gasteiger partial charge in [0.15, 0.2) is 0 Å². The number of nitrogens with zero attached hydrogens (tertiary/aromatic N) is 11. The van der Waals surface area contributed by atoms with Gasteiger partial charge < -0.3 is 30.3 Å². The molecular formula is C39H64N15O6P. The molecule has 1 fully saturated rings. The zero-order valence-electron chi connectivity index (χ0n) is 36.7. The first-order valence-electron chi connectivity index (χ1n) is 21.1. The molecule has 4 amide bonds. The highest BCUT2D eigenvalue weighted by Crippen LogP contribution is 2.49. The maximum Gasteiger partial charge on any atom is 0.259 e. The largest absolute Gasteiger partial charge is 0.356 e. The second-order valence-electron chi connectivity index (χ2n) is 16.2. The maximum atomic E-state index is 14.3. The quantitative estimate of drug-likeness (QED) is 0.0668. The van der Waals surface area contributed by atoms with Crippen molar-refractivity contribution in [3.8, 4) is 6.07 Å². The molecule has 0 aliphatic heterocycles. The molecule has 336 valence electrons. The van der Waals surface area contributed by atoms with Crippen molar-refractivity contribution in [2.24, 2.45) is 27.1 Å². The summed E-state index contributed by atoms with van der Waals surface area (Å²) < 4.78 is 19.6. The SMILES string of the molecule is CC(C)N(C(C)C)P(OCCC#N)OC1CCC(C(=O)NC(CCC(=O)NCCc2cn(C)nn2)(CCC(=O)NCc2cn(C)nn2)CCC(=O)NCc2cn(C)nn2)CC1. The summed E-state index contributed by atoms with van der Waals surface area (Å²) in [6.07, 6.45) is 8.81. The average Bonchev–Trinajstić information content (AvgIpc) is 3.97. The fourth-order valence-corrected chi connectivity index (χ4v) is 9.04. The summed E-state index contributed by atoms with van der Waals surface area (Å²) in [5, 5.41) is 45.0. The summed E-state index contributed by atoms with van der Waals surface area (Å²) in [6, 6.07) is 2.45. The minimum atomic E-state index is -1.43. The van der Waals surface area contributed by atoms with Crippen LogP contribution in [0.4, 0.5) is 0 Å². The fraction of sp³-hybridized carbons (Fsp3) is 0.718. The first-order valence-corrected chi connectivity index (χ1v) is 22.2. The molecule has 1 aliphatic rings. The highest BCUT2D eigenvalue weighted by Gasteiger charge is 2.38. The lowest BCUT2D eigenvalue weighted by molar-refractivity contribution is -0.131. The van der Waals surface area contributed by atoms with Gasteiger partial charge >= 0.3 is 0 Å². The number of nitrogens with one attached hydrogen (secondary N) is 4. The van der Waals surface area contributed by atoms with E-state index in [2.05, 4.69) is 90.6 Å². The number of aryl methyl sites for hydroxylation is 3. The van der Waals surface area contributed by atoms with Gasteiger partial charge in [-0.2, -0.15) is 5.26 Å². The topological polar surface area (TPSA) is 254 Å². The van der Waals surface area contributed by atoms with Gasteiger partial charge in [-0.3, -0.25) is 33.2 Å². The van der Waals surface area contributed by atoms with E-state index in [-0.39, 0.29) is 112 Å². The van der Waals surface area contributed by atoms with Crippen molar-refractivity contribution in [1.82, 2.24) is 70.9 Å². The number of hydrogen-bond acceptors (Lipinski definition) is 14. The van der Waals surface area contributed by atoms with Crippen molar-refractivity contribution in [3.05, 3.63) is 35.7 Å². The van der Waals surface area contributed by atoms with Crippen LogP contribution in [0.5, 0.6) is 0 Å². The van der Waals surface area contributed by atoms with Gasteiger partial charge in [-0.15, -0.1) is 15.3 Å². The monoisotopic (exact) mass is 869 g/mol. The molecule has 3 heterocycles. The third-order valence-electron chi connectivity index (χ3n) is 10.4. The molecule has 0 spiro atoms. The van der Waals surface area contributed by atoms with Crippen molar-refractivity contribution < 1.29 is 28.2 Å². The molecule has 1 saturated carbocycles. The maximum absolute atomic E-state index is 14.3. The molecule has 61 heavy (non-hydrogen) atoms. The third-order valence-corrected chi connectivity index (χ3v) is 12.6. The minimum absolute atomic E-state index is 0.0220. The van der Waals surface area contributed by atoms with Gasteiger partial charge in [0.2, 0.25) is 23.6 Å². The smallest absolute Gasteiger partial charge is 0.259 e. The van der Waals surface area contributed by atoms with Gasteiger partial charge in [-0.1, -0.05) is 15.6 Å². The number of carbonyl (C=O) groups excluding carboxylic acids is 4. The van der Waals surface area contributed by atoms with Gasteiger partial charge in [-0.05, 0) is 72.6 Å². The highest BCUT2D eigenvalue weighted by molar-refractivity contribution is 7.44. The molecule has 0 aromatic carbocycles. The molecule has 3 aromatic heterocycles. The van der Waals surface area contributed by atoms with Crippen LogP contribution in [0, 0.1) is 17.2 Å². The molecule has 0 bridgehead atoms. The van der Waals surface area contributed by atoms with Gasteiger partial charge in [-0.25, -0.2) is 4.67 Å². The van der Waals surface area contributed by atoms with E-state index in [1.54, 1.807) is 53.8 Å². The second-order valence-corrected chi connectivity index (χ2v) is 17.6. The lowest BCUT2D eigenvalue weighted by Crippen LogP contribution is -2.52. The van der Waals surface area contributed by atoms with E-state index in [4.69, 9.17) is 14.3 Å². The first kappa shape index (κ1) is 48.8. The number of carbonyl (C=O) groups is 4. The zero-order chi connectivity index (χ0) is 44.4. The van der Waals surface area contributed by atoms with Crippen LogP contribution in [0.15, 0.2) is 18.6 Å². The van der Waals surface area contributed by atoms with Crippen molar-refractivity contribution >= 4 is 32.2 Å². The number of amides is 4. The minimum Gasteiger partial charge on any atom is -0.356 e. The summed E-state index contributed by atoms with van der Waals surface area (Å²) in [6.45, 7) is 9.32. The molecule has 1 atom stereocenters. The van der Waals surface area contributed by atoms with Crippen LogP contribution in [0.3, 0.4) is 0 Å². The summed E-state index contributed by atoms with van der Waals surface area (Å²) in [5.74, 6) is -1.32. The molecule has 3 aromatic rings. The van der Waals surface area contributed by atoms with E-state index in [1.165, 1.54) is 0 Å². The summed E-state index contributed by atoms with van der Waals surface area (Å²) in [5.41, 5.74) is 0.841. The number of nitriles is 1. The van der Waals surface area contributed by atoms with Crippen LogP contribution in [-0.2, 0) is 68.9 Å². The lowest BCUT2D eigenvalue weighted by atomic mass is 9.81. The van der Waals surface area contributed by atoms with E-state index in [1.807, 2.05) is 0 Å². The van der Waals surface area contributed by atoms with Crippen molar-refractivity contribution in [3.63, 3.8) is 0 Å². The molecule has 0 radical (unpaired) electrons. The van der Waals surface area contributed by atoms with Gasteiger partial charge in [0.05, 0.1) is 44.0 Å². The Kier molecular flexibility index (Phi) is 19.6. The summed E-state index contributed by atoms with van der Waals surface area (Å²) in [4.78, 5) is 54.3. The Morgan fingerprint density at radius 1 is 0.787 bits per heavy atom. The third kappa shape index (κ3) is 16.8. The fourth-order valence-electron chi connectivity index (χ4n) is 7.27. The van der Waals surface area contributed by atoms with Crippen LogP contribution in [0.1, 0.15) is 115 Å². The van der Waals surface area contributed by atoms with E-state index >= 15 is 0 Å². The molecule has 4 N–H and O–H groups in total. The Morgan fingerprint density at radius 3 is 1.70 bits per heavy atom. The average molecular weight is 870 g/mol. The normalized spacial score (nSPS) is 16.1. The summed E-state index contributed by atoms with van der Waals surface area (Å²) in [7, 11) is 3.82. The number of aromatic nitrogens is 9. The molecule has 1 unspecified atom stereocenters. The highest BCUT2D eigenvalue weighted by atomic mass is 31.2. The van der Waals surface area contributed by atoms with E-state index in [0.717, 1.165) is 5.69 Å². The van der Waals surface area contributed by atoms with Crippen LogP contribution in [0.25, 0.3) is 0 Å². The van der Waals surface area contributed by atoms with Crippen molar-refractivity contribution in [2.75, 3.05) is 13.2 Å². The van der Waals surface area contributed by atoms with Crippen LogP contribution in [-0.4, -0.2) is 110 Å². The van der Waals surface area contributed by atoms with Crippen LogP contribution < -0.4 is 21.3 Å². The molecule has 4 rings (SSSR count). The van der Waals surface area contributed by atoms with E-state index in [9.17, 15) is 19.2 Å². The standard InChI is InChI=1S/C39H64N15O6P/c1-28(2)54(29(3)4)61(59-22-8-20-40)60-34-11-9-30(10-12-34)38(58)44-39(18-14-36(56)42-23-32-26-52(6)49-46-32,19-15-37(57)43-24-33-27-53(7)50-47-33)17-13-35(55)41-21-16-31-25-51(5)48-45-31/h25-30,34H,8-19,21-24H2,1-7H3,(H,41,55)(H,42,56)(H,43,57)(H,44,58). The Morgan fingerprint density at radius 2 is 1.26 bits per heavy atom. The van der Waals surface area contributed by atoms with Gasteiger partial charge in [0.25, 0.3) is 8.53 Å². The summed E-state index contributed by atoms with van der Waals surface area (Å²) >= 11 is 0. The van der Waals surface area contributed by atoms with E-state index in [0.29, 0.717) is 50.0 Å². The first-order chi connectivity index (χ1) is 29.1. The molecule has 21 nitrogen and oxygen atoms in total. The molecule has 0 saturated heterocycles. The van der Waals surface area contributed by atoms with Crippen molar-refractivity contribution in [1.29, 1.82) is 5.26 Å². The molecule has 22 heteroatoms. The Bertz CT molecular complexity index is 1810. The number of hydrogen-bond donors (Lipinski definition) is 4.